The molecule has 0 N–H and O–H groups in total. The third-order valence-electron chi connectivity index (χ3n) is 2.20. The lowest BCUT2D eigenvalue weighted by Crippen LogP contribution is -1.93. The van der Waals surface area contributed by atoms with Crippen LogP contribution in [-0.2, 0) is 17.8 Å². The summed E-state index contributed by atoms with van der Waals surface area (Å²) >= 11 is 0. The SMILES string of the molecule is CCCc1ccc(OC)c(CN=C=O)c1. The zero-order valence-corrected chi connectivity index (χ0v) is 9.12. The van der Waals surface area contributed by atoms with E-state index in [-0.39, 0.29) is 0 Å². The van der Waals surface area contributed by atoms with Gasteiger partial charge in [-0.25, -0.2) is 9.79 Å². The van der Waals surface area contributed by atoms with Gasteiger partial charge in [0.1, 0.15) is 5.75 Å². The summed E-state index contributed by atoms with van der Waals surface area (Å²) in [4.78, 5) is 13.6. The highest BCUT2D eigenvalue weighted by Crippen LogP contribution is 2.21. The molecule has 0 heterocycles. The van der Waals surface area contributed by atoms with Crippen LogP contribution >= 0.6 is 0 Å². The first-order chi connectivity index (χ1) is 7.31. The van der Waals surface area contributed by atoms with Crippen LogP contribution in [0.5, 0.6) is 5.75 Å². The fourth-order valence-corrected chi connectivity index (χ4v) is 1.52. The highest BCUT2D eigenvalue weighted by molar-refractivity contribution is 5.40. The molecule has 0 saturated carbocycles. The molecule has 0 amide bonds. The molecular weight excluding hydrogens is 190 g/mol. The van der Waals surface area contributed by atoms with E-state index in [0.717, 1.165) is 24.2 Å². The van der Waals surface area contributed by atoms with E-state index in [1.54, 1.807) is 7.11 Å². The second-order valence-corrected chi connectivity index (χ2v) is 3.30. The molecule has 0 atom stereocenters. The number of hydrogen-bond donors (Lipinski definition) is 0. The predicted octanol–water partition coefficient (Wildman–Crippen LogP) is 2.48. The number of carbonyl (C=O) groups excluding carboxylic acids is 1. The third-order valence-corrected chi connectivity index (χ3v) is 2.20. The maximum absolute atomic E-state index is 10.1. The zero-order valence-electron chi connectivity index (χ0n) is 9.12. The highest BCUT2D eigenvalue weighted by atomic mass is 16.5. The van der Waals surface area contributed by atoms with Crippen LogP contribution in [0.15, 0.2) is 23.2 Å². The Hall–Kier alpha value is -1.60. The van der Waals surface area contributed by atoms with Crippen molar-refractivity contribution in [2.75, 3.05) is 7.11 Å². The van der Waals surface area contributed by atoms with Crippen molar-refractivity contribution < 1.29 is 9.53 Å². The van der Waals surface area contributed by atoms with Crippen LogP contribution < -0.4 is 4.74 Å². The van der Waals surface area contributed by atoms with Gasteiger partial charge in [-0.1, -0.05) is 25.5 Å². The molecular formula is C12H15NO2. The number of isocyanates is 1. The second kappa shape index (κ2) is 5.99. The van der Waals surface area contributed by atoms with E-state index in [1.807, 2.05) is 18.2 Å². The van der Waals surface area contributed by atoms with Crippen LogP contribution in [0.2, 0.25) is 0 Å². The maximum Gasteiger partial charge on any atom is 0.235 e. The number of aryl methyl sites for hydroxylation is 1. The number of hydrogen-bond acceptors (Lipinski definition) is 3. The van der Waals surface area contributed by atoms with E-state index in [9.17, 15) is 4.79 Å². The normalized spacial score (nSPS) is 9.47. The third kappa shape index (κ3) is 3.22. The average Bonchev–Trinajstić information content (AvgIpc) is 2.27. The Kier molecular flexibility index (Phi) is 4.58. The van der Waals surface area contributed by atoms with Gasteiger partial charge in [0.25, 0.3) is 0 Å². The molecule has 0 radical (unpaired) electrons. The van der Waals surface area contributed by atoms with Gasteiger partial charge in [-0.15, -0.1) is 0 Å². The summed E-state index contributed by atoms with van der Waals surface area (Å²) in [5.41, 5.74) is 2.18. The number of aliphatic imine (C=N–C) groups is 1. The summed E-state index contributed by atoms with van der Waals surface area (Å²) in [5, 5.41) is 0. The van der Waals surface area contributed by atoms with Crippen molar-refractivity contribution in [3.63, 3.8) is 0 Å². The molecule has 0 bridgehead atoms. The molecule has 0 fully saturated rings. The molecule has 3 nitrogen and oxygen atoms in total. The summed E-state index contributed by atoms with van der Waals surface area (Å²) in [6.45, 7) is 2.47. The summed E-state index contributed by atoms with van der Waals surface area (Å²) in [6.07, 6.45) is 3.67. The molecule has 0 spiro atoms. The molecule has 0 aliphatic carbocycles. The van der Waals surface area contributed by atoms with Crippen LogP contribution in [-0.4, -0.2) is 13.2 Å². The number of benzene rings is 1. The second-order valence-electron chi connectivity index (χ2n) is 3.30. The van der Waals surface area contributed by atoms with Crippen molar-refractivity contribution in [3.05, 3.63) is 29.3 Å². The van der Waals surface area contributed by atoms with Gasteiger partial charge in [0.05, 0.1) is 13.7 Å². The van der Waals surface area contributed by atoms with Gasteiger partial charge in [0.15, 0.2) is 0 Å². The van der Waals surface area contributed by atoms with E-state index in [2.05, 4.69) is 11.9 Å². The summed E-state index contributed by atoms with van der Waals surface area (Å²) in [5.74, 6) is 0.772. The van der Waals surface area contributed by atoms with Crippen LogP contribution in [0.4, 0.5) is 0 Å². The van der Waals surface area contributed by atoms with Gasteiger partial charge < -0.3 is 4.74 Å². The maximum atomic E-state index is 10.1. The van der Waals surface area contributed by atoms with E-state index < -0.39 is 0 Å². The largest absolute Gasteiger partial charge is 0.496 e. The first-order valence-corrected chi connectivity index (χ1v) is 5.01. The van der Waals surface area contributed by atoms with Gasteiger partial charge in [0.2, 0.25) is 6.08 Å². The van der Waals surface area contributed by atoms with Crippen molar-refractivity contribution in [1.82, 2.24) is 0 Å². The van der Waals surface area contributed by atoms with Crippen LogP contribution in [0.1, 0.15) is 24.5 Å². The summed E-state index contributed by atoms with van der Waals surface area (Å²) in [7, 11) is 1.61. The average molecular weight is 205 g/mol. The molecule has 0 aliphatic rings. The zero-order chi connectivity index (χ0) is 11.1. The minimum atomic E-state index is 0.338. The summed E-state index contributed by atoms with van der Waals surface area (Å²) < 4.78 is 5.19. The topological polar surface area (TPSA) is 38.7 Å². The molecule has 0 aliphatic heterocycles. The molecule has 1 aromatic carbocycles. The lowest BCUT2D eigenvalue weighted by molar-refractivity contribution is 0.409. The van der Waals surface area contributed by atoms with Gasteiger partial charge in [0, 0.05) is 5.56 Å². The molecule has 0 unspecified atom stereocenters. The molecule has 3 heteroatoms. The van der Waals surface area contributed by atoms with Crippen molar-refractivity contribution in [2.45, 2.75) is 26.3 Å². The number of rotatable bonds is 5. The number of nitrogens with zero attached hydrogens (tertiary/aromatic N) is 1. The quantitative estimate of drug-likeness (QED) is 0.547. The minimum absolute atomic E-state index is 0.338. The van der Waals surface area contributed by atoms with Gasteiger partial charge in [-0.05, 0) is 18.1 Å². The van der Waals surface area contributed by atoms with Crippen molar-refractivity contribution >= 4 is 6.08 Å². The lowest BCUT2D eigenvalue weighted by atomic mass is 10.1. The molecule has 0 saturated heterocycles. The Morgan fingerprint density at radius 1 is 1.47 bits per heavy atom. The molecule has 1 aromatic rings. The Morgan fingerprint density at radius 3 is 2.87 bits per heavy atom. The van der Waals surface area contributed by atoms with E-state index in [1.165, 1.54) is 11.6 Å². The Morgan fingerprint density at radius 2 is 2.27 bits per heavy atom. The molecule has 1 rings (SSSR count). The van der Waals surface area contributed by atoms with E-state index in [0.29, 0.717) is 6.54 Å². The van der Waals surface area contributed by atoms with Crippen LogP contribution in [0, 0.1) is 0 Å². The van der Waals surface area contributed by atoms with Crippen molar-refractivity contribution in [3.8, 4) is 5.75 Å². The van der Waals surface area contributed by atoms with Crippen LogP contribution in [0.25, 0.3) is 0 Å². The predicted molar refractivity (Wildman–Crippen MR) is 58.8 cm³/mol. The fraction of sp³-hybridized carbons (Fsp3) is 0.417. The number of methoxy groups -OCH3 is 1. The summed E-state index contributed by atoms with van der Waals surface area (Å²) in [6, 6.07) is 5.99. The standard InChI is InChI=1S/C12H15NO2/c1-3-4-10-5-6-12(15-2)11(7-10)8-13-9-14/h5-7H,3-4,8H2,1-2H3. The van der Waals surface area contributed by atoms with Crippen LogP contribution in [0.3, 0.4) is 0 Å². The number of ether oxygens (including phenoxy) is 1. The molecule has 80 valence electrons. The Balaban J connectivity index is 2.95. The smallest absolute Gasteiger partial charge is 0.235 e. The first-order valence-electron chi connectivity index (χ1n) is 5.01. The van der Waals surface area contributed by atoms with Crippen molar-refractivity contribution in [2.24, 2.45) is 4.99 Å². The lowest BCUT2D eigenvalue weighted by Gasteiger charge is -2.07. The molecule has 0 aromatic heterocycles. The van der Waals surface area contributed by atoms with Gasteiger partial charge in [-0.3, -0.25) is 0 Å². The first kappa shape index (κ1) is 11.5. The van der Waals surface area contributed by atoms with Crippen molar-refractivity contribution in [1.29, 1.82) is 0 Å². The monoisotopic (exact) mass is 205 g/mol. The van der Waals surface area contributed by atoms with Gasteiger partial charge in [-0.2, -0.15) is 0 Å². The van der Waals surface area contributed by atoms with E-state index >= 15 is 0 Å². The Labute approximate surface area is 89.8 Å². The molecule has 15 heavy (non-hydrogen) atoms. The minimum Gasteiger partial charge on any atom is -0.496 e. The van der Waals surface area contributed by atoms with E-state index in [4.69, 9.17) is 4.74 Å². The highest BCUT2D eigenvalue weighted by Gasteiger charge is 2.03. The van der Waals surface area contributed by atoms with Gasteiger partial charge >= 0.3 is 0 Å². The fourth-order valence-electron chi connectivity index (χ4n) is 1.52. The Bertz CT molecular complexity index is 368.